The summed E-state index contributed by atoms with van der Waals surface area (Å²) in [5.74, 6) is 1.29. The molecule has 1 aliphatic heterocycles. The van der Waals surface area contributed by atoms with E-state index in [0.29, 0.717) is 19.1 Å². The third kappa shape index (κ3) is 5.96. The molecule has 0 saturated heterocycles. The standard InChI is InChI=1S/C15H22N2O.C8H13N3O2S/c1-3-5-10(2)12-8-11-6-4-7-13(11)14(9-12)17-15(16)18;1-2-12-6-4-11-8(13-5-6)7(14-9)3-10-11/h8-10H,3-7H2,1-2H3,(H3,16,17,18);3,6H,2,4-5,9H2,1H3. The van der Waals surface area contributed by atoms with E-state index in [4.69, 9.17) is 20.3 Å². The molecule has 176 valence electrons. The van der Waals surface area contributed by atoms with E-state index in [1.54, 1.807) is 10.9 Å². The number of carbonyl (C=O) groups is 1. The molecule has 32 heavy (non-hydrogen) atoms. The van der Waals surface area contributed by atoms with Crippen molar-refractivity contribution in [2.75, 3.05) is 18.5 Å². The number of nitrogens with one attached hydrogen (secondary N) is 1. The molecule has 1 aromatic heterocycles. The number of aryl methyl sites for hydroxylation is 1. The van der Waals surface area contributed by atoms with Gasteiger partial charge in [0, 0.05) is 12.3 Å². The minimum atomic E-state index is -0.468. The van der Waals surface area contributed by atoms with Crippen molar-refractivity contribution >= 4 is 23.7 Å². The van der Waals surface area contributed by atoms with Crippen LogP contribution in [0.3, 0.4) is 0 Å². The fourth-order valence-corrected chi connectivity index (χ4v) is 4.70. The number of anilines is 1. The quantitative estimate of drug-likeness (QED) is 0.532. The first-order valence-corrected chi connectivity index (χ1v) is 12.2. The molecular formula is C23H35N5O3S. The number of ether oxygens (including phenoxy) is 2. The summed E-state index contributed by atoms with van der Waals surface area (Å²) in [6.45, 7) is 8.43. The van der Waals surface area contributed by atoms with Gasteiger partial charge in [-0.2, -0.15) is 5.10 Å². The number of benzene rings is 1. The van der Waals surface area contributed by atoms with E-state index < -0.39 is 6.03 Å². The predicted octanol–water partition coefficient (Wildman–Crippen LogP) is 4.22. The largest absolute Gasteiger partial charge is 0.474 e. The van der Waals surface area contributed by atoms with Crippen LogP contribution in [0.15, 0.2) is 23.2 Å². The van der Waals surface area contributed by atoms with Gasteiger partial charge < -0.3 is 20.5 Å². The Morgan fingerprint density at radius 3 is 2.91 bits per heavy atom. The Morgan fingerprint density at radius 1 is 1.41 bits per heavy atom. The van der Waals surface area contributed by atoms with Crippen LogP contribution in [0.4, 0.5) is 10.5 Å². The van der Waals surface area contributed by atoms with E-state index in [9.17, 15) is 4.79 Å². The van der Waals surface area contributed by atoms with Gasteiger partial charge in [-0.3, -0.25) is 5.14 Å². The number of fused-ring (bicyclic) bond motifs is 2. The van der Waals surface area contributed by atoms with E-state index in [1.165, 1.54) is 36.0 Å². The zero-order valence-corrected chi connectivity index (χ0v) is 20.0. The Bertz CT molecular complexity index is 917. The van der Waals surface area contributed by atoms with Gasteiger partial charge in [-0.15, -0.1) is 0 Å². The van der Waals surface area contributed by atoms with Crippen LogP contribution >= 0.6 is 11.9 Å². The summed E-state index contributed by atoms with van der Waals surface area (Å²) < 4.78 is 12.8. The van der Waals surface area contributed by atoms with Gasteiger partial charge in [0.25, 0.3) is 0 Å². The molecule has 2 heterocycles. The van der Waals surface area contributed by atoms with Crippen molar-refractivity contribution in [1.82, 2.24) is 9.78 Å². The first kappa shape index (κ1) is 24.4. The lowest BCUT2D eigenvalue weighted by Gasteiger charge is -2.24. The number of hydrogen-bond acceptors (Lipinski definition) is 6. The molecule has 2 atom stereocenters. The number of hydrogen-bond donors (Lipinski definition) is 3. The van der Waals surface area contributed by atoms with Crippen LogP contribution in [0.1, 0.15) is 62.6 Å². The van der Waals surface area contributed by atoms with Crippen LogP contribution in [0.25, 0.3) is 0 Å². The third-order valence-corrected chi connectivity index (χ3v) is 6.39. The Hall–Kier alpha value is -2.23. The summed E-state index contributed by atoms with van der Waals surface area (Å²) in [7, 11) is 0. The molecule has 0 fully saturated rings. The van der Waals surface area contributed by atoms with E-state index in [2.05, 4.69) is 36.4 Å². The normalized spacial score (nSPS) is 17.4. The smallest absolute Gasteiger partial charge is 0.316 e. The SMILES string of the molecule is CCCC(C)c1cc2c(c(NC(N)=O)c1)CCC2.CCOC1COc2c(SN)cnn2C1. The molecule has 2 aromatic rings. The zero-order valence-electron chi connectivity index (χ0n) is 19.2. The second kappa shape index (κ2) is 11.6. The molecule has 8 nitrogen and oxygen atoms in total. The van der Waals surface area contributed by atoms with E-state index in [-0.39, 0.29) is 6.10 Å². The lowest BCUT2D eigenvalue weighted by molar-refractivity contribution is -0.00752. The number of primary amides is 1. The van der Waals surface area contributed by atoms with Crippen LogP contribution < -0.4 is 20.9 Å². The lowest BCUT2D eigenvalue weighted by atomic mass is 9.92. The topological polar surface area (TPSA) is 117 Å². The summed E-state index contributed by atoms with van der Waals surface area (Å²) in [6.07, 6.45) is 7.51. The third-order valence-electron chi connectivity index (χ3n) is 5.86. The van der Waals surface area contributed by atoms with Gasteiger partial charge in [-0.25, -0.2) is 9.48 Å². The number of nitrogens with zero attached hydrogens (tertiary/aromatic N) is 2. The molecule has 5 N–H and O–H groups in total. The highest BCUT2D eigenvalue weighted by molar-refractivity contribution is 7.97. The van der Waals surface area contributed by atoms with Crippen molar-refractivity contribution in [1.29, 1.82) is 0 Å². The van der Waals surface area contributed by atoms with Crippen LogP contribution in [0, 0.1) is 0 Å². The lowest BCUT2D eigenvalue weighted by Crippen LogP contribution is -2.32. The highest BCUT2D eigenvalue weighted by Gasteiger charge is 2.23. The van der Waals surface area contributed by atoms with E-state index >= 15 is 0 Å². The Morgan fingerprint density at radius 2 is 2.22 bits per heavy atom. The van der Waals surface area contributed by atoms with Gasteiger partial charge in [0.05, 0.1) is 12.7 Å². The molecule has 0 radical (unpaired) electrons. The van der Waals surface area contributed by atoms with Crippen LogP contribution in [0.5, 0.6) is 5.88 Å². The van der Waals surface area contributed by atoms with Gasteiger partial charge >= 0.3 is 6.03 Å². The number of nitrogens with two attached hydrogens (primary N) is 2. The maximum atomic E-state index is 11.1. The molecule has 1 aliphatic carbocycles. The molecule has 4 rings (SSSR count). The van der Waals surface area contributed by atoms with Crippen molar-refractivity contribution in [2.45, 2.75) is 76.3 Å². The molecule has 2 aliphatic rings. The van der Waals surface area contributed by atoms with Crippen molar-refractivity contribution < 1.29 is 14.3 Å². The van der Waals surface area contributed by atoms with Gasteiger partial charge in [0.1, 0.15) is 17.6 Å². The summed E-state index contributed by atoms with van der Waals surface area (Å²) in [4.78, 5) is 12.0. The summed E-state index contributed by atoms with van der Waals surface area (Å²) in [5, 5.41) is 12.4. The second-order valence-corrected chi connectivity index (χ2v) is 8.92. The van der Waals surface area contributed by atoms with Gasteiger partial charge in [0.2, 0.25) is 5.88 Å². The van der Waals surface area contributed by atoms with Gasteiger partial charge in [-0.05, 0) is 73.2 Å². The average molecular weight is 462 g/mol. The van der Waals surface area contributed by atoms with E-state index in [1.807, 2.05) is 6.92 Å². The van der Waals surface area contributed by atoms with Crippen molar-refractivity contribution in [3.05, 3.63) is 35.0 Å². The maximum absolute atomic E-state index is 11.1. The van der Waals surface area contributed by atoms with E-state index in [0.717, 1.165) is 47.8 Å². The number of carbonyl (C=O) groups excluding carboxylic acids is 1. The number of amides is 2. The number of aromatic nitrogens is 2. The van der Waals surface area contributed by atoms with Gasteiger partial charge in [-0.1, -0.05) is 26.3 Å². The monoisotopic (exact) mass is 461 g/mol. The van der Waals surface area contributed by atoms with Crippen LogP contribution in [-0.4, -0.2) is 35.1 Å². The summed E-state index contributed by atoms with van der Waals surface area (Å²) >= 11 is 1.16. The summed E-state index contributed by atoms with van der Waals surface area (Å²) in [5.41, 5.74) is 10.2. The Balaban J connectivity index is 0.000000186. The fraction of sp³-hybridized carbons (Fsp3) is 0.565. The fourth-order valence-electron chi connectivity index (χ4n) is 4.33. The molecular weight excluding hydrogens is 426 g/mol. The minimum absolute atomic E-state index is 0.100. The first-order valence-electron chi connectivity index (χ1n) is 11.4. The summed E-state index contributed by atoms with van der Waals surface area (Å²) in [6, 6.07) is 3.95. The Kier molecular flexibility index (Phi) is 8.84. The number of rotatable bonds is 7. The van der Waals surface area contributed by atoms with Crippen LogP contribution in [0.2, 0.25) is 0 Å². The second-order valence-electron chi connectivity index (χ2n) is 8.24. The van der Waals surface area contributed by atoms with Crippen LogP contribution in [-0.2, 0) is 24.1 Å². The molecule has 1 aromatic carbocycles. The molecule has 0 spiro atoms. The molecule has 2 amide bonds. The van der Waals surface area contributed by atoms with Gasteiger partial charge in [0.15, 0.2) is 0 Å². The molecule has 0 bridgehead atoms. The minimum Gasteiger partial charge on any atom is -0.474 e. The zero-order chi connectivity index (χ0) is 23.1. The Labute approximate surface area is 194 Å². The highest BCUT2D eigenvalue weighted by Crippen LogP contribution is 2.34. The number of urea groups is 1. The van der Waals surface area contributed by atoms with Crippen molar-refractivity contribution in [3.8, 4) is 5.88 Å². The van der Waals surface area contributed by atoms with Crippen molar-refractivity contribution in [3.63, 3.8) is 0 Å². The first-order chi connectivity index (χ1) is 15.5. The average Bonchev–Trinajstić information content (AvgIpc) is 3.40. The highest BCUT2D eigenvalue weighted by atomic mass is 32.2. The predicted molar refractivity (Wildman–Crippen MR) is 128 cm³/mol. The molecule has 0 saturated carbocycles. The molecule has 9 heteroatoms. The maximum Gasteiger partial charge on any atom is 0.316 e. The van der Waals surface area contributed by atoms with Crippen molar-refractivity contribution in [2.24, 2.45) is 10.9 Å². The molecule has 2 unspecified atom stereocenters.